The Kier molecular flexibility index (Phi) is 2.92. The van der Waals surface area contributed by atoms with Crippen LogP contribution in [0.1, 0.15) is 17.9 Å². The molecule has 1 fully saturated rings. The van der Waals surface area contributed by atoms with E-state index in [1.165, 1.54) is 5.56 Å². The van der Waals surface area contributed by atoms with E-state index in [2.05, 4.69) is 12.1 Å². The van der Waals surface area contributed by atoms with Crippen molar-refractivity contribution in [2.75, 3.05) is 6.61 Å². The highest BCUT2D eigenvalue weighted by molar-refractivity contribution is 5.89. The van der Waals surface area contributed by atoms with Gasteiger partial charge in [-0.3, -0.25) is 4.79 Å². The molecule has 4 rings (SSSR count). The fourth-order valence-electron chi connectivity index (χ4n) is 2.98. The summed E-state index contributed by atoms with van der Waals surface area (Å²) in [4.78, 5) is 12.5. The Bertz CT molecular complexity index is 665. The van der Waals surface area contributed by atoms with Gasteiger partial charge in [-0.15, -0.1) is 0 Å². The summed E-state index contributed by atoms with van der Waals surface area (Å²) < 4.78 is 11.4. The molecule has 0 N–H and O–H groups in total. The summed E-state index contributed by atoms with van der Waals surface area (Å²) in [5, 5.41) is 0. The Balaban J connectivity index is 1.46. The average molecular weight is 280 g/mol. The number of ketones is 1. The highest BCUT2D eigenvalue weighted by Gasteiger charge is 2.47. The van der Waals surface area contributed by atoms with E-state index >= 15 is 0 Å². The number of rotatable bonds is 3. The zero-order valence-corrected chi connectivity index (χ0v) is 11.6. The molecule has 21 heavy (non-hydrogen) atoms. The van der Waals surface area contributed by atoms with Crippen molar-refractivity contribution in [3.8, 4) is 11.5 Å². The number of hydrogen-bond donors (Lipinski definition) is 0. The molecule has 0 saturated heterocycles. The SMILES string of the molecule is O=C(C1COc2ccccc2O1)C1CC1c1ccccc1. The third kappa shape index (κ3) is 2.29. The number of hydrogen-bond acceptors (Lipinski definition) is 3. The molecule has 2 aromatic rings. The van der Waals surface area contributed by atoms with Crippen LogP contribution >= 0.6 is 0 Å². The van der Waals surface area contributed by atoms with Crippen LogP contribution in [-0.4, -0.2) is 18.5 Å². The fourth-order valence-corrected chi connectivity index (χ4v) is 2.98. The van der Waals surface area contributed by atoms with Crippen LogP contribution < -0.4 is 9.47 Å². The smallest absolute Gasteiger partial charge is 0.191 e. The molecule has 2 aromatic carbocycles. The van der Waals surface area contributed by atoms with Gasteiger partial charge in [-0.1, -0.05) is 42.5 Å². The van der Waals surface area contributed by atoms with Crippen molar-refractivity contribution in [1.29, 1.82) is 0 Å². The lowest BCUT2D eigenvalue weighted by molar-refractivity contribution is -0.129. The maximum Gasteiger partial charge on any atom is 0.191 e. The minimum atomic E-state index is -0.474. The number of para-hydroxylation sites is 2. The van der Waals surface area contributed by atoms with Gasteiger partial charge in [0.05, 0.1) is 0 Å². The van der Waals surface area contributed by atoms with Crippen LogP contribution in [0.2, 0.25) is 0 Å². The maximum atomic E-state index is 12.5. The Morgan fingerprint density at radius 3 is 2.48 bits per heavy atom. The van der Waals surface area contributed by atoms with Crippen molar-refractivity contribution < 1.29 is 14.3 Å². The molecule has 2 aliphatic rings. The Morgan fingerprint density at radius 1 is 0.952 bits per heavy atom. The molecule has 1 aliphatic heterocycles. The Morgan fingerprint density at radius 2 is 1.67 bits per heavy atom. The summed E-state index contributed by atoms with van der Waals surface area (Å²) >= 11 is 0. The third-order valence-corrected chi connectivity index (χ3v) is 4.21. The lowest BCUT2D eigenvalue weighted by Gasteiger charge is -2.25. The largest absolute Gasteiger partial charge is 0.485 e. The highest BCUT2D eigenvalue weighted by Crippen LogP contribution is 2.49. The maximum absolute atomic E-state index is 12.5. The van der Waals surface area contributed by atoms with Crippen molar-refractivity contribution in [1.82, 2.24) is 0 Å². The summed E-state index contributed by atoms with van der Waals surface area (Å²) in [6.07, 6.45) is 0.447. The molecule has 0 spiro atoms. The van der Waals surface area contributed by atoms with E-state index in [0.29, 0.717) is 18.3 Å². The molecule has 3 nitrogen and oxygen atoms in total. The molecule has 0 radical (unpaired) electrons. The van der Waals surface area contributed by atoms with Crippen LogP contribution in [-0.2, 0) is 4.79 Å². The predicted octanol–water partition coefficient (Wildman–Crippen LogP) is 3.20. The Labute approximate surface area is 123 Å². The molecule has 0 bridgehead atoms. The Hall–Kier alpha value is -2.29. The van der Waals surface area contributed by atoms with Crippen molar-refractivity contribution in [3.63, 3.8) is 0 Å². The molecule has 0 amide bonds. The van der Waals surface area contributed by atoms with Crippen LogP contribution in [0.25, 0.3) is 0 Å². The molecule has 3 unspecified atom stereocenters. The van der Waals surface area contributed by atoms with E-state index in [-0.39, 0.29) is 11.7 Å². The molecule has 3 atom stereocenters. The van der Waals surface area contributed by atoms with Gasteiger partial charge in [-0.05, 0) is 30.0 Å². The van der Waals surface area contributed by atoms with Gasteiger partial charge in [-0.25, -0.2) is 0 Å². The summed E-state index contributed by atoms with van der Waals surface area (Å²) in [5.74, 6) is 1.97. The van der Waals surface area contributed by atoms with E-state index in [1.807, 2.05) is 42.5 Å². The quantitative estimate of drug-likeness (QED) is 0.866. The van der Waals surface area contributed by atoms with Crippen molar-refractivity contribution in [2.45, 2.75) is 18.4 Å². The second-order valence-electron chi connectivity index (χ2n) is 5.63. The van der Waals surface area contributed by atoms with Gasteiger partial charge in [0.15, 0.2) is 23.4 Å². The molecular weight excluding hydrogens is 264 g/mol. The number of carbonyl (C=O) groups excluding carboxylic acids is 1. The van der Waals surface area contributed by atoms with Gasteiger partial charge < -0.3 is 9.47 Å². The normalized spacial score (nSPS) is 26.2. The standard InChI is InChI=1S/C18H16O3/c19-18(14-10-13(14)12-6-2-1-3-7-12)17-11-20-15-8-4-5-9-16(15)21-17/h1-9,13-14,17H,10-11H2. The lowest BCUT2D eigenvalue weighted by Crippen LogP contribution is -2.37. The van der Waals surface area contributed by atoms with Gasteiger partial charge in [0.1, 0.15) is 6.61 Å². The number of carbonyl (C=O) groups is 1. The van der Waals surface area contributed by atoms with E-state index in [4.69, 9.17) is 9.47 Å². The van der Waals surface area contributed by atoms with Gasteiger partial charge in [0.2, 0.25) is 0 Å². The summed E-state index contributed by atoms with van der Waals surface area (Å²) in [6.45, 7) is 0.313. The molecule has 1 heterocycles. The topological polar surface area (TPSA) is 35.5 Å². The van der Waals surface area contributed by atoms with E-state index in [9.17, 15) is 4.79 Å². The van der Waals surface area contributed by atoms with Gasteiger partial charge >= 0.3 is 0 Å². The van der Waals surface area contributed by atoms with Crippen LogP contribution in [0.3, 0.4) is 0 Å². The summed E-state index contributed by atoms with van der Waals surface area (Å²) in [6, 6.07) is 17.7. The van der Waals surface area contributed by atoms with Crippen LogP contribution in [0.15, 0.2) is 54.6 Å². The average Bonchev–Trinajstić information content (AvgIpc) is 3.35. The minimum Gasteiger partial charge on any atom is -0.485 e. The zero-order valence-electron chi connectivity index (χ0n) is 11.6. The first-order valence-electron chi connectivity index (χ1n) is 7.30. The second kappa shape index (κ2) is 4.92. The first kappa shape index (κ1) is 12.5. The van der Waals surface area contributed by atoms with Crippen LogP contribution in [0.5, 0.6) is 11.5 Å². The molecule has 3 heteroatoms. The van der Waals surface area contributed by atoms with E-state index in [0.717, 1.165) is 12.2 Å². The summed E-state index contributed by atoms with van der Waals surface area (Å²) in [7, 11) is 0. The minimum absolute atomic E-state index is 0.0752. The van der Waals surface area contributed by atoms with Crippen LogP contribution in [0.4, 0.5) is 0 Å². The first-order valence-corrected chi connectivity index (χ1v) is 7.30. The molecule has 1 saturated carbocycles. The molecular formula is C18H16O3. The van der Waals surface area contributed by atoms with Crippen molar-refractivity contribution >= 4 is 5.78 Å². The molecule has 106 valence electrons. The molecule has 0 aromatic heterocycles. The number of fused-ring (bicyclic) bond motifs is 1. The van der Waals surface area contributed by atoms with Gasteiger partial charge in [0, 0.05) is 5.92 Å². The first-order chi connectivity index (χ1) is 10.3. The predicted molar refractivity (Wildman–Crippen MR) is 78.7 cm³/mol. The van der Waals surface area contributed by atoms with E-state index in [1.54, 1.807) is 0 Å². The fraction of sp³-hybridized carbons (Fsp3) is 0.278. The lowest BCUT2D eigenvalue weighted by atomic mass is 10.0. The van der Waals surface area contributed by atoms with Crippen molar-refractivity contribution in [2.24, 2.45) is 5.92 Å². The number of Topliss-reactive ketones (excluding diaryl/α,β-unsaturated/α-hetero) is 1. The van der Waals surface area contributed by atoms with Crippen LogP contribution in [0, 0.1) is 5.92 Å². The number of benzene rings is 2. The van der Waals surface area contributed by atoms with E-state index < -0.39 is 6.10 Å². The third-order valence-electron chi connectivity index (χ3n) is 4.21. The van der Waals surface area contributed by atoms with Gasteiger partial charge in [0.25, 0.3) is 0 Å². The number of ether oxygens (including phenoxy) is 2. The monoisotopic (exact) mass is 280 g/mol. The van der Waals surface area contributed by atoms with Crippen molar-refractivity contribution in [3.05, 3.63) is 60.2 Å². The highest BCUT2D eigenvalue weighted by atomic mass is 16.6. The van der Waals surface area contributed by atoms with Gasteiger partial charge in [-0.2, -0.15) is 0 Å². The summed E-state index contributed by atoms with van der Waals surface area (Å²) in [5.41, 5.74) is 1.24. The molecule has 1 aliphatic carbocycles. The zero-order chi connectivity index (χ0) is 14.2. The second-order valence-corrected chi connectivity index (χ2v) is 5.63.